The summed E-state index contributed by atoms with van der Waals surface area (Å²) in [7, 11) is 0. The number of piperazine rings is 2. The molecule has 0 spiro atoms. The SMILES string of the molecule is C.CC1CN(C(=O)OC(C(F)(F)F)C(F)(F)F)CCN1Cc1ccc(-c2ccccc2)cc1.CC1CNCCN1Cc1ccc(-c2ccccc2)cc1.OC(C(F)(F)F)C(F)(F)F. The van der Waals surface area contributed by atoms with Crippen LogP contribution in [0, 0.1) is 0 Å². The van der Waals surface area contributed by atoms with Crippen LogP contribution in [0.15, 0.2) is 109 Å². The molecule has 2 atom stereocenters. The Hall–Kier alpha value is -4.85. The zero-order valence-corrected chi connectivity index (χ0v) is 33.5. The fourth-order valence-corrected chi connectivity index (χ4v) is 6.53. The second-order valence-corrected chi connectivity index (χ2v) is 14.7. The van der Waals surface area contributed by atoms with Crippen molar-refractivity contribution in [2.75, 3.05) is 39.3 Å². The second-order valence-electron chi connectivity index (χ2n) is 14.7. The molecule has 6 rings (SSSR count). The first-order valence-electron chi connectivity index (χ1n) is 19.3. The quantitative estimate of drug-likeness (QED) is 0.180. The number of benzene rings is 4. The summed E-state index contributed by atoms with van der Waals surface area (Å²) < 4.78 is 145. The van der Waals surface area contributed by atoms with Crippen molar-refractivity contribution in [1.82, 2.24) is 20.0 Å². The van der Waals surface area contributed by atoms with Crippen LogP contribution >= 0.6 is 0 Å². The van der Waals surface area contributed by atoms with Crippen LogP contribution in [0.5, 0.6) is 0 Å². The third kappa shape index (κ3) is 16.3. The highest BCUT2D eigenvalue weighted by Gasteiger charge is 2.60. The number of carbonyl (C=O) groups is 1. The number of nitrogens with zero attached hydrogens (tertiary/aromatic N) is 3. The molecule has 348 valence electrons. The van der Waals surface area contributed by atoms with Crippen molar-refractivity contribution in [3.8, 4) is 22.3 Å². The van der Waals surface area contributed by atoms with Gasteiger partial charge in [-0.3, -0.25) is 9.80 Å². The maximum atomic E-state index is 12.6. The highest BCUT2D eigenvalue weighted by atomic mass is 19.4. The predicted octanol–water partition coefficient (Wildman–Crippen LogP) is 10.7. The van der Waals surface area contributed by atoms with Gasteiger partial charge in [0.1, 0.15) is 0 Å². The van der Waals surface area contributed by atoms with Crippen LogP contribution in [0.4, 0.5) is 57.5 Å². The Balaban J connectivity index is 0.000000289. The zero-order chi connectivity index (χ0) is 45.9. The molecule has 2 aliphatic heterocycles. The minimum Gasteiger partial charge on any atom is -0.426 e. The molecule has 19 heteroatoms. The fraction of sp³-hybridized carbons (Fsp3) is 0.432. The van der Waals surface area contributed by atoms with E-state index in [-0.39, 0.29) is 26.6 Å². The van der Waals surface area contributed by atoms with Gasteiger partial charge in [0.2, 0.25) is 6.10 Å². The number of alkyl halides is 12. The number of amides is 1. The van der Waals surface area contributed by atoms with Gasteiger partial charge in [0.05, 0.1) is 0 Å². The number of carbonyl (C=O) groups excluding carboxylic acids is 1. The van der Waals surface area contributed by atoms with Crippen LogP contribution in [0.3, 0.4) is 0 Å². The van der Waals surface area contributed by atoms with E-state index in [1.165, 1.54) is 16.7 Å². The molecule has 63 heavy (non-hydrogen) atoms. The number of ether oxygens (including phenoxy) is 1. The second kappa shape index (κ2) is 22.7. The Morgan fingerprint density at radius 2 is 1.00 bits per heavy atom. The van der Waals surface area contributed by atoms with Crippen LogP contribution in [-0.4, -0.2) is 114 Å². The Morgan fingerprint density at radius 1 is 0.603 bits per heavy atom. The summed E-state index contributed by atoms with van der Waals surface area (Å²) in [5, 5.41) is 10.9. The lowest BCUT2D eigenvalue weighted by molar-refractivity contribution is -0.309. The standard InChI is InChI=1S/C22H22F6N2O2.C18H22N2.C3H2F6O.CH4/c1-15-13-30(20(31)32-19(21(23,24)25)22(26,27)28)12-11-29(15)14-16-7-9-18(10-8-16)17-5-3-2-4-6-17;1-15-13-19-11-12-20(15)14-16-7-9-18(10-8-16)17-5-3-2-4-6-17;4-2(5,6)1(10)3(7,8)9;/h2-10,15,19H,11-14H2,1H3;2-10,15,19H,11-14H2,1H3;1,10H;1H4. The van der Waals surface area contributed by atoms with Crippen molar-refractivity contribution in [1.29, 1.82) is 0 Å². The van der Waals surface area contributed by atoms with Crippen LogP contribution in [0.1, 0.15) is 32.4 Å². The Morgan fingerprint density at radius 3 is 1.35 bits per heavy atom. The first-order valence-corrected chi connectivity index (χ1v) is 19.3. The number of aliphatic hydroxyl groups excluding tert-OH is 1. The molecular weight excluding hydrogens is 860 g/mol. The van der Waals surface area contributed by atoms with E-state index < -0.39 is 43.0 Å². The molecule has 7 nitrogen and oxygen atoms in total. The molecule has 2 saturated heterocycles. The summed E-state index contributed by atoms with van der Waals surface area (Å²) in [6.07, 6.45) is -32.7. The number of hydrogen-bond acceptors (Lipinski definition) is 6. The van der Waals surface area contributed by atoms with Gasteiger partial charge in [-0.15, -0.1) is 0 Å². The molecule has 2 N–H and O–H groups in total. The maximum absolute atomic E-state index is 12.6. The average molecular weight is 911 g/mol. The average Bonchev–Trinajstić information content (AvgIpc) is 3.21. The number of rotatable bonds is 7. The summed E-state index contributed by atoms with van der Waals surface area (Å²) in [4.78, 5) is 17.4. The largest absolute Gasteiger partial charge is 0.434 e. The first-order chi connectivity index (χ1) is 28.9. The molecular formula is C44H50F12N4O3. The molecule has 2 heterocycles. The molecule has 0 aromatic heterocycles. The van der Waals surface area contributed by atoms with Gasteiger partial charge >= 0.3 is 30.8 Å². The van der Waals surface area contributed by atoms with E-state index >= 15 is 0 Å². The zero-order valence-electron chi connectivity index (χ0n) is 33.5. The highest BCUT2D eigenvalue weighted by Crippen LogP contribution is 2.36. The summed E-state index contributed by atoms with van der Waals surface area (Å²) in [5.41, 5.74) is 7.12. The summed E-state index contributed by atoms with van der Waals surface area (Å²) >= 11 is 0. The minimum absolute atomic E-state index is 0. The van der Waals surface area contributed by atoms with Crippen LogP contribution in [-0.2, 0) is 17.8 Å². The van der Waals surface area contributed by atoms with Gasteiger partial charge < -0.3 is 20.1 Å². The van der Waals surface area contributed by atoms with Crippen molar-refractivity contribution < 1.29 is 67.3 Å². The molecule has 0 saturated carbocycles. The van der Waals surface area contributed by atoms with E-state index in [1.807, 2.05) is 59.5 Å². The molecule has 2 aliphatic rings. The van der Waals surface area contributed by atoms with E-state index in [9.17, 15) is 57.5 Å². The van der Waals surface area contributed by atoms with Crippen LogP contribution in [0.25, 0.3) is 22.3 Å². The lowest BCUT2D eigenvalue weighted by atomic mass is 10.0. The van der Waals surface area contributed by atoms with Crippen molar-refractivity contribution in [2.24, 2.45) is 0 Å². The van der Waals surface area contributed by atoms with Gasteiger partial charge in [0.15, 0.2) is 0 Å². The Labute approximate surface area is 358 Å². The van der Waals surface area contributed by atoms with E-state index in [0.29, 0.717) is 19.1 Å². The van der Waals surface area contributed by atoms with E-state index in [1.54, 1.807) is 6.92 Å². The number of aliphatic hydroxyl groups is 1. The van der Waals surface area contributed by atoms with Crippen molar-refractivity contribution in [3.63, 3.8) is 0 Å². The molecule has 4 aromatic carbocycles. The number of nitrogens with one attached hydrogen (secondary N) is 1. The molecule has 0 bridgehead atoms. The lowest BCUT2D eigenvalue weighted by Crippen LogP contribution is -2.55. The molecule has 0 radical (unpaired) electrons. The summed E-state index contributed by atoms with van der Waals surface area (Å²) in [6.45, 7) is 9.20. The normalized spacial score (nSPS) is 17.8. The molecule has 4 aromatic rings. The predicted molar refractivity (Wildman–Crippen MR) is 215 cm³/mol. The smallest absolute Gasteiger partial charge is 0.426 e. The van der Waals surface area contributed by atoms with Crippen molar-refractivity contribution in [2.45, 2.75) is 83.4 Å². The molecule has 2 unspecified atom stereocenters. The van der Waals surface area contributed by atoms with Crippen molar-refractivity contribution in [3.05, 3.63) is 120 Å². The molecule has 0 aliphatic carbocycles. The highest BCUT2D eigenvalue weighted by molar-refractivity contribution is 5.68. The Bertz CT molecular complexity index is 1920. The third-order valence-electron chi connectivity index (χ3n) is 9.99. The van der Waals surface area contributed by atoms with E-state index in [0.717, 1.165) is 47.8 Å². The molecule has 2 fully saturated rings. The molecule has 1 amide bonds. The van der Waals surface area contributed by atoms with Gasteiger partial charge in [-0.2, -0.15) is 52.7 Å². The fourth-order valence-electron chi connectivity index (χ4n) is 6.53. The lowest BCUT2D eigenvalue weighted by Gasteiger charge is -2.39. The van der Waals surface area contributed by atoms with E-state index in [4.69, 9.17) is 5.11 Å². The number of hydrogen-bond donors (Lipinski definition) is 2. The van der Waals surface area contributed by atoms with Crippen molar-refractivity contribution >= 4 is 6.09 Å². The first kappa shape index (κ1) is 52.5. The van der Waals surface area contributed by atoms with Gasteiger partial charge in [0, 0.05) is 64.4 Å². The van der Waals surface area contributed by atoms with E-state index in [2.05, 4.69) is 76.5 Å². The summed E-state index contributed by atoms with van der Waals surface area (Å²) in [6, 6.07) is 37.6. The third-order valence-corrected chi connectivity index (χ3v) is 9.99. The number of halogens is 12. The van der Waals surface area contributed by atoms with Gasteiger partial charge in [-0.1, -0.05) is 117 Å². The topological polar surface area (TPSA) is 68.3 Å². The maximum Gasteiger partial charge on any atom is 0.434 e. The van der Waals surface area contributed by atoms with Gasteiger partial charge in [-0.25, -0.2) is 4.79 Å². The van der Waals surface area contributed by atoms with Crippen LogP contribution < -0.4 is 5.32 Å². The minimum atomic E-state index is -5.73. The van der Waals surface area contributed by atoms with Crippen LogP contribution in [0.2, 0.25) is 0 Å². The summed E-state index contributed by atoms with van der Waals surface area (Å²) in [5.74, 6) is 0. The Kier molecular flexibility index (Phi) is 18.9. The van der Waals surface area contributed by atoms with Gasteiger partial charge in [0.25, 0.3) is 6.10 Å². The van der Waals surface area contributed by atoms with Gasteiger partial charge in [-0.05, 0) is 47.2 Å². The monoisotopic (exact) mass is 910 g/mol.